The van der Waals surface area contributed by atoms with E-state index in [1.54, 1.807) is 18.3 Å². The van der Waals surface area contributed by atoms with Crippen molar-refractivity contribution in [3.8, 4) is 6.07 Å². The zero-order chi connectivity index (χ0) is 16.8. The van der Waals surface area contributed by atoms with Crippen LogP contribution in [-0.4, -0.2) is 42.7 Å². The summed E-state index contributed by atoms with van der Waals surface area (Å²) in [5.41, 5.74) is 1.59. The van der Waals surface area contributed by atoms with Crippen LogP contribution in [-0.2, 0) is 4.74 Å². The molecule has 1 atom stereocenters. The number of hydrogen-bond donors (Lipinski definition) is 1. The van der Waals surface area contributed by atoms with Crippen molar-refractivity contribution in [3.63, 3.8) is 0 Å². The molecule has 1 aromatic carbocycles. The second kappa shape index (κ2) is 7.86. The minimum Gasteiger partial charge on any atom is -0.379 e. The van der Waals surface area contributed by atoms with Crippen LogP contribution in [0, 0.1) is 17.1 Å². The predicted molar refractivity (Wildman–Crippen MR) is 89.0 cm³/mol. The summed E-state index contributed by atoms with van der Waals surface area (Å²) in [6, 6.07) is 12.3. The standard InChI is InChI=1S/C18H19FN4O/c19-16-4-2-15(3-5-16)17(23-7-9-24-10-8-23)13-22-18-6-1-14(11-20)12-21-18/h1-6,12,17H,7-10,13H2,(H,21,22)/t17-/m1/s1. The average Bonchev–Trinajstić information content (AvgIpc) is 2.65. The predicted octanol–water partition coefficient (Wildman–Crippen LogP) is 2.58. The first-order valence-corrected chi connectivity index (χ1v) is 7.93. The summed E-state index contributed by atoms with van der Waals surface area (Å²) in [5.74, 6) is 0.482. The van der Waals surface area contributed by atoms with Crippen molar-refractivity contribution in [3.05, 3.63) is 59.5 Å². The number of halogens is 1. The lowest BCUT2D eigenvalue weighted by molar-refractivity contribution is 0.0187. The number of anilines is 1. The number of ether oxygens (including phenoxy) is 1. The largest absolute Gasteiger partial charge is 0.379 e. The first-order chi connectivity index (χ1) is 11.8. The second-order valence-electron chi connectivity index (χ2n) is 5.64. The smallest absolute Gasteiger partial charge is 0.126 e. The van der Waals surface area contributed by atoms with Crippen molar-refractivity contribution in [2.45, 2.75) is 6.04 Å². The van der Waals surface area contributed by atoms with Gasteiger partial charge in [-0.05, 0) is 29.8 Å². The summed E-state index contributed by atoms with van der Waals surface area (Å²) in [5, 5.41) is 12.1. The van der Waals surface area contributed by atoms with Crippen molar-refractivity contribution in [1.82, 2.24) is 9.88 Å². The number of aromatic nitrogens is 1. The molecule has 5 nitrogen and oxygen atoms in total. The Labute approximate surface area is 140 Å². The molecule has 0 radical (unpaired) electrons. The number of nitriles is 1. The molecular weight excluding hydrogens is 307 g/mol. The van der Waals surface area contributed by atoms with Crippen LogP contribution >= 0.6 is 0 Å². The van der Waals surface area contributed by atoms with E-state index in [0.29, 0.717) is 25.3 Å². The molecule has 1 aliphatic rings. The maximum absolute atomic E-state index is 13.2. The molecule has 6 heteroatoms. The highest BCUT2D eigenvalue weighted by atomic mass is 19.1. The van der Waals surface area contributed by atoms with E-state index in [0.717, 1.165) is 24.5 Å². The van der Waals surface area contributed by atoms with Crippen LogP contribution in [0.1, 0.15) is 17.2 Å². The molecule has 1 aliphatic heterocycles. The fourth-order valence-corrected chi connectivity index (χ4v) is 2.80. The molecule has 3 rings (SSSR count). The van der Waals surface area contributed by atoms with Gasteiger partial charge in [-0.1, -0.05) is 12.1 Å². The molecule has 0 spiro atoms. The van der Waals surface area contributed by atoms with E-state index in [4.69, 9.17) is 10.00 Å². The van der Waals surface area contributed by atoms with Gasteiger partial charge in [0, 0.05) is 25.8 Å². The zero-order valence-corrected chi connectivity index (χ0v) is 13.3. The number of benzene rings is 1. The molecule has 0 aliphatic carbocycles. The number of nitrogens with one attached hydrogen (secondary N) is 1. The van der Waals surface area contributed by atoms with E-state index in [1.165, 1.54) is 12.1 Å². The van der Waals surface area contributed by atoms with Crippen LogP contribution in [0.15, 0.2) is 42.6 Å². The first kappa shape index (κ1) is 16.4. The van der Waals surface area contributed by atoms with Crippen molar-refractivity contribution in [1.29, 1.82) is 5.26 Å². The molecule has 124 valence electrons. The maximum atomic E-state index is 13.2. The quantitative estimate of drug-likeness (QED) is 0.915. The molecular formula is C18H19FN4O. The number of pyridine rings is 1. The topological polar surface area (TPSA) is 61.2 Å². The van der Waals surface area contributed by atoms with Crippen LogP contribution in [0.4, 0.5) is 10.2 Å². The second-order valence-corrected chi connectivity index (χ2v) is 5.64. The lowest BCUT2D eigenvalue weighted by Crippen LogP contribution is -2.41. The van der Waals surface area contributed by atoms with E-state index in [9.17, 15) is 4.39 Å². The number of nitrogens with zero attached hydrogens (tertiary/aromatic N) is 3. The Bertz CT molecular complexity index is 690. The van der Waals surface area contributed by atoms with Gasteiger partial charge < -0.3 is 10.1 Å². The van der Waals surface area contributed by atoms with Gasteiger partial charge in [-0.2, -0.15) is 5.26 Å². The van der Waals surface area contributed by atoms with E-state index >= 15 is 0 Å². The van der Waals surface area contributed by atoms with Crippen molar-refractivity contribution in [2.24, 2.45) is 0 Å². The van der Waals surface area contributed by atoms with Crippen LogP contribution in [0.25, 0.3) is 0 Å². The normalized spacial score (nSPS) is 16.3. The van der Waals surface area contributed by atoms with Crippen LogP contribution in [0.5, 0.6) is 0 Å². The zero-order valence-electron chi connectivity index (χ0n) is 13.3. The first-order valence-electron chi connectivity index (χ1n) is 7.93. The van der Waals surface area contributed by atoms with Crippen molar-refractivity contribution in [2.75, 3.05) is 38.2 Å². The molecule has 2 aromatic rings. The summed E-state index contributed by atoms with van der Waals surface area (Å²) in [6.07, 6.45) is 1.55. The van der Waals surface area contributed by atoms with Crippen molar-refractivity contribution >= 4 is 5.82 Å². The Balaban J connectivity index is 1.73. The van der Waals surface area contributed by atoms with E-state index < -0.39 is 0 Å². The third kappa shape index (κ3) is 4.07. The molecule has 0 bridgehead atoms. The number of hydrogen-bond acceptors (Lipinski definition) is 5. The lowest BCUT2D eigenvalue weighted by Gasteiger charge is -2.35. The van der Waals surface area contributed by atoms with Crippen LogP contribution in [0.3, 0.4) is 0 Å². The van der Waals surface area contributed by atoms with E-state index in [-0.39, 0.29) is 11.9 Å². The number of morpholine rings is 1. The van der Waals surface area contributed by atoms with E-state index in [1.807, 2.05) is 12.1 Å². The van der Waals surface area contributed by atoms with Crippen LogP contribution in [0.2, 0.25) is 0 Å². The Hall–Kier alpha value is -2.49. The molecule has 24 heavy (non-hydrogen) atoms. The lowest BCUT2D eigenvalue weighted by atomic mass is 10.0. The van der Waals surface area contributed by atoms with Gasteiger partial charge in [0.1, 0.15) is 17.7 Å². The molecule has 2 heterocycles. The molecule has 1 aromatic heterocycles. The Kier molecular flexibility index (Phi) is 5.36. The molecule has 1 N–H and O–H groups in total. The molecule has 0 unspecified atom stereocenters. The third-order valence-electron chi connectivity index (χ3n) is 4.11. The molecule has 0 saturated carbocycles. The van der Waals surface area contributed by atoms with Gasteiger partial charge in [-0.15, -0.1) is 0 Å². The van der Waals surface area contributed by atoms with Gasteiger partial charge in [0.05, 0.1) is 24.8 Å². The molecule has 1 fully saturated rings. The summed E-state index contributed by atoms with van der Waals surface area (Å²) in [7, 11) is 0. The van der Waals surface area contributed by atoms with Gasteiger partial charge in [0.2, 0.25) is 0 Å². The SMILES string of the molecule is N#Cc1ccc(NC[C@H](c2ccc(F)cc2)N2CCOCC2)nc1. The monoisotopic (exact) mass is 326 g/mol. The van der Waals surface area contributed by atoms with Gasteiger partial charge in [0.25, 0.3) is 0 Å². The summed E-state index contributed by atoms with van der Waals surface area (Å²) in [6.45, 7) is 3.72. The van der Waals surface area contributed by atoms with Crippen LogP contribution < -0.4 is 5.32 Å². The maximum Gasteiger partial charge on any atom is 0.126 e. The fourth-order valence-electron chi connectivity index (χ4n) is 2.80. The summed E-state index contributed by atoms with van der Waals surface area (Å²) < 4.78 is 18.7. The highest BCUT2D eigenvalue weighted by molar-refractivity contribution is 5.39. The van der Waals surface area contributed by atoms with Gasteiger partial charge in [-0.25, -0.2) is 9.37 Å². The van der Waals surface area contributed by atoms with Crippen molar-refractivity contribution < 1.29 is 9.13 Å². The highest BCUT2D eigenvalue weighted by Crippen LogP contribution is 2.23. The Morgan fingerprint density at radius 1 is 1.21 bits per heavy atom. The summed E-state index contributed by atoms with van der Waals surface area (Å²) >= 11 is 0. The minimum absolute atomic E-state index is 0.104. The highest BCUT2D eigenvalue weighted by Gasteiger charge is 2.22. The minimum atomic E-state index is -0.235. The third-order valence-corrected chi connectivity index (χ3v) is 4.11. The average molecular weight is 326 g/mol. The Morgan fingerprint density at radius 2 is 1.96 bits per heavy atom. The van der Waals surface area contributed by atoms with Gasteiger partial charge in [0.15, 0.2) is 0 Å². The fraction of sp³-hybridized carbons (Fsp3) is 0.333. The molecule has 1 saturated heterocycles. The Morgan fingerprint density at radius 3 is 2.58 bits per heavy atom. The van der Waals surface area contributed by atoms with Gasteiger partial charge >= 0.3 is 0 Å². The molecule has 0 amide bonds. The van der Waals surface area contributed by atoms with E-state index in [2.05, 4.69) is 21.3 Å². The van der Waals surface area contributed by atoms with Gasteiger partial charge in [-0.3, -0.25) is 4.90 Å². The number of rotatable bonds is 5. The summed E-state index contributed by atoms with van der Waals surface area (Å²) in [4.78, 5) is 6.56.